The lowest BCUT2D eigenvalue weighted by Gasteiger charge is -2.26. The number of rotatable bonds is 12. The van der Waals surface area contributed by atoms with Crippen LogP contribution in [0.3, 0.4) is 0 Å². The van der Waals surface area contributed by atoms with Gasteiger partial charge in [0.2, 0.25) is 23.6 Å². The van der Waals surface area contributed by atoms with Gasteiger partial charge in [-0.2, -0.15) is 9.97 Å². The summed E-state index contributed by atoms with van der Waals surface area (Å²) in [6.45, 7) is 5.96. The Balaban J connectivity index is 1.75. The maximum Gasteiger partial charge on any atom is 0.326 e. The molecule has 2 rings (SSSR count). The molecule has 35 heavy (non-hydrogen) atoms. The first-order valence-electron chi connectivity index (χ1n) is 11.8. The Bertz CT molecular complexity index is 945. The van der Waals surface area contributed by atoms with Crippen molar-refractivity contribution in [3.05, 3.63) is 5.56 Å². The van der Waals surface area contributed by atoms with Crippen LogP contribution in [-0.2, 0) is 25.6 Å². The summed E-state index contributed by atoms with van der Waals surface area (Å²) in [6, 6.07) is -1.20. The number of anilines is 2. The highest BCUT2D eigenvalue weighted by molar-refractivity contribution is 5.93. The third kappa shape index (κ3) is 9.02. The SMILES string of the molecule is CC(C)(C)C(=O)Nc1nc(O)c2c(n1)NCC(CCCCCC(=O)N[C@@H](CCC(=O)O)C(=O)O)C2. The summed E-state index contributed by atoms with van der Waals surface area (Å²) in [4.78, 5) is 54.2. The van der Waals surface area contributed by atoms with Gasteiger partial charge in [0.05, 0.1) is 5.56 Å². The summed E-state index contributed by atoms with van der Waals surface area (Å²) in [5.74, 6) is -2.38. The normalized spacial score (nSPS) is 15.9. The third-order valence-electron chi connectivity index (χ3n) is 5.74. The van der Waals surface area contributed by atoms with E-state index in [0.29, 0.717) is 30.8 Å². The molecular weight excluding hydrogens is 458 g/mol. The number of carbonyl (C=O) groups is 4. The van der Waals surface area contributed by atoms with Gasteiger partial charge in [0.25, 0.3) is 0 Å². The van der Waals surface area contributed by atoms with Crippen LogP contribution in [-0.4, -0.2) is 61.6 Å². The molecule has 0 aromatic carbocycles. The van der Waals surface area contributed by atoms with Gasteiger partial charge in [0, 0.05) is 24.8 Å². The number of hydrogen-bond donors (Lipinski definition) is 6. The van der Waals surface area contributed by atoms with Crippen molar-refractivity contribution >= 4 is 35.5 Å². The number of aliphatic carboxylic acids is 2. The van der Waals surface area contributed by atoms with Gasteiger partial charge < -0.3 is 26.0 Å². The van der Waals surface area contributed by atoms with E-state index in [1.807, 2.05) is 0 Å². The molecule has 12 nitrogen and oxygen atoms in total. The molecule has 0 saturated carbocycles. The average Bonchev–Trinajstić information content (AvgIpc) is 2.75. The number of aromatic nitrogens is 2. The molecule has 194 valence electrons. The Morgan fingerprint density at radius 3 is 2.43 bits per heavy atom. The second kappa shape index (κ2) is 12.3. The highest BCUT2D eigenvalue weighted by Crippen LogP contribution is 2.32. The molecule has 6 N–H and O–H groups in total. The van der Waals surface area contributed by atoms with Gasteiger partial charge in [-0.3, -0.25) is 19.7 Å². The van der Waals surface area contributed by atoms with E-state index in [9.17, 15) is 24.3 Å². The smallest absolute Gasteiger partial charge is 0.326 e. The lowest BCUT2D eigenvalue weighted by atomic mass is 9.91. The fraction of sp³-hybridized carbons (Fsp3) is 0.652. The third-order valence-corrected chi connectivity index (χ3v) is 5.74. The molecule has 2 atom stereocenters. The molecule has 12 heteroatoms. The molecule has 0 radical (unpaired) electrons. The lowest BCUT2D eigenvalue weighted by molar-refractivity contribution is -0.143. The van der Waals surface area contributed by atoms with Crippen molar-refractivity contribution in [3.63, 3.8) is 0 Å². The summed E-state index contributed by atoms with van der Waals surface area (Å²) in [5, 5.41) is 36.3. The predicted octanol–water partition coefficient (Wildman–Crippen LogP) is 2.14. The van der Waals surface area contributed by atoms with E-state index in [1.165, 1.54) is 0 Å². The maximum absolute atomic E-state index is 12.1. The summed E-state index contributed by atoms with van der Waals surface area (Å²) in [7, 11) is 0. The monoisotopic (exact) mass is 493 g/mol. The van der Waals surface area contributed by atoms with Crippen LogP contribution >= 0.6 is 0 Å². The van der Waals surface area contributed by atoms with Gasteiger partial charge in [0.1, 0.15) is 11.9 Å². The number of carbonyl (C=O) groups excluding carboxylic acids is 2. The van der Waals surface area contributed by atoms with E-state index in [2.05, 4.69) is 25.9 Å². The minimum atomic E-state index is -1.25. The van der Waals surface area contributed by atoms with Crippen LogP contribution < -0.4 is 16.0 Å². The van der Waals surface area contributed by atoms with Gasteiger partial charge in [-0.15, -0.1) is 0 Å². The molecular formula is C23H35N5O7. The topological polar surface area (TPSA) is 191 Å². The van der Waals surface area contributed by atoms with Gasteiger partial charge >= 0.3 is 11.9 Å². The molecule has 0 saturated heterocycles. The number of aromatic hydroxyl groups is 1. The van der Waals surface area contributed by atoms with E-state index in [1.54, 1.807) is 20.8 Å². The van der Waals surface area contributed by atoms with Crippen molar-refractivity contribution in [3.8, 4) is 5.88 Å². The Morgan fingerprint density at radius 2 is 1.80 bits per heavy atom. The van der Waals surface area contributed by atoms with Gasteiger partial charge in [0.15, 0.2) is 0 Å². The fourth-order valence-corrected chi connectivity index (χ4v) is 3.64. The summed E-state index contributed by atoms with van der Waals surface area (Å²) in [5.41, 5.74) is -0.0117. The first kappa shape index (κ1) is 27.8. The predicted molar refractivity (Wildman–Crippen MR) is 127 cm³/mol. The standard InChI is InChI=1S/C23H35N5O7/c1-23(2,3)21(35)28-22-26-18-14(19(32)27-22)11-13(12-24-18)7-5-4-6-8-16(29)25-15(20(33)34)9-10-17(30)31/h13,15H,4-12H2,1-3H3,(H,25,29)(H,30,31)(H,33,34)(H3,24,26,27,28,32,35)/t13?,15-/m0/s1. The minimum Gasteiger partial charge on any atom is -0.493 e. The van der Waals surface area contributed by atoms with Crippen molar-refractivity contribution in [1.29, 1.82) is 0 Å². The van der Waals surface area contributed by atoms with Crippen molar-refractivity contribution < 1.29 is 34.5 Å². The minimum absolute atomic E-state index is 0.0542. The molecule has 1 aliphatic rings. The van der Waals surface area contributed by atoms with Crippen molar-refractivity contribution in [2.75, 3.05) is 17.2 Å². The summed E-state index contributed by atoms with van der Waals surface area (Å²) in [6.07, 6.45) is 3.32. The van der Waals surface area contributed by atoms with E-state index in [0.717, 1.165) is 19.3 Å². The molecule has 2 heterocycles. The largest absolute Gasteiger partial charge is 0.493 e. The van der Waals surface area contributed by atoms with Crippen molar-refractivity contribution in [2.45, 2.75) is 78.2 Å². The highest BCUT2D eigenvalue weighted by Gasteiger charge is 2.26. The number of unbranched alkanes of at least 4 members (excludes halogenated alkanes) is 2. The van der Waals surface area contributed by atoms with Crippen LogP contribution in [0.15, 0.2) is 0 Å². The maximum atomic E-state index is 12.1. The molecule has 1 aromatic rings. The number of hydrogen-bond acceptors (Lipinski definition) is 8. The number of carboxylic acid groups (broad SMARTS) is 2. The van der Waals surface area contributed by atoms with Crippen LogP contribution in [0.4, 0.5) is 11.8 Å². The van der Waals surface area contributed by atoms with Crippen LogP contribution in [0, 0.1) is 11.3 Å². The van der Waals surface area contributed by atoms with E-state index in [4.69, 9.17) is 10.2 Å². The number of fused-ring (bicyclic) bond motifs is 1. The number of nitrogens with zero attached hydrogens (tertiary/aromatic N) is 2. The average molecular weight is 494 g/mol. The Morgan fingerprint density at radius 1 is 1.09 bits per heavy atom. The second-order valence-electron chi connectivity index (χ2n) is 9.84. The van der Waals surface area contributed by atoms with E-state index in [-0.39, 0.29) is 42.9 Å². The van der Waals surface area contributed by atoms with Gasteiger partial charge in [-0.25, -0.2) is 4.79 Å². The highest BCUT2D eigenvalue weighted by atomic mass is 16.4. The van der Waals surface area contributed by atoms with Crippen molar-refractivity contribution in [1.82, 2.24) is 15.3 Å². The number of nitrogens with one attached hydrogen (secondary N) is 3. The molecule has 0 spiro atoms. The molecule has 1 aromatic heterocycles. The Hall–Kier alpha value is -3.44. The fourth-order valence-electron chi connectivity index (χ4n) is 3.64. The zero-order chi connectivity index (χ0) is 26.2. The molecule has 1 unspecified atom stereocenters. The second-order valence-corrected chi connectivity index (χ2v) is 9.84. The van der Waals surface area contributed by atoms with Crippen LogP contribution in [0.1, 0.15) is 71.3 Å². The Labute approximate surface area is 203 Å². The molecule has 0 fully saturated rings. The first-order chi connectivity index (χ1) is 16.4. The molecule has 2 amide bonds. The molecule has 1 aliphatic heterocycles. The lowest BCUT2D eigenvalue weighted by Crippen LogP contribution is -2.41. The first-order valence-corrected chi connectivity index (χ1v) is 11.8. The van der Waals surface area contributed by atoms with E-state index >= 15 is 0 Å². The molecule has 0 bridgehead atoms. The van der Waals surface area contributed by atoms with E-state index < -0.39 is 29.3 Å². The number of carboxylic acids is 2. The quantitative estimate of drug-likeness (QED) is 0.235. The van der Waals surface area contributed by atoms with Crippen LogP contribution in [0.25, 0.3) is 0 Å². The molecule has 0 aliphatic carbocycles. The summed E-state index contributed by atoms with van der Waals surface area (Å²) >= 11 is 0. The van der Waals surface area contributed by atoms with Gasteiger partial charge in [-0.05, 0) is 31.6 Å². The zero-order valence-electron chi connectivity index (χ0n) is 20.4. The van der Waals surface area contributed by atoms with Crippen molar-refractivity contribution in [2.24, 2.45) is 11.3 Å². The van der Waals surface area contributed by atoms with Gasteiger partial charge in [-0.1, -0.05) is 33.6 Å². The van der Waals surface area contributed by atoms with Crippen LogP contribution in [0.5, 0.6) is 5.88 Å². The Kier molecular flexibility index (Phi) is 9.78. The zero-order valence-corrected chi connectivity index (χ0v) is 20.4. The summed E-state index contributed by atoms with van der Waals surface area (Å²) < 4.78 is 0. The number of amides is 2. The van der Waals surface area contributed by atoms with Crippen LogP contribution in [0.2, 0.25) is 0 Å².